The molecule has 0 amide bonds. The Hall–Kier alpha value is -3.28. The Bertz CT molecular complexity index is 951. The van der Waals surface area contributed by atoms with Gasteiger partial charge in [0.2, 0.25) is 0 Å². The molecule has 0 unspecified atom stereocenters. The van der Waals surface area contributed by atoms with Gasteiger partial charge in [-0.2, -0.15) is 0 Å². The van der Waals surface area contributed by atoms with Gasteiger partial charge in [-0.1, -0.05) is 84.1 Å². The van der Waals surface area contributed by atoms with E-state index in [1.165, 1.54) is 63.9 Å². The highest BCUT2D eigenvalue weighted by molar-refractivity contribution is 5.91. The molecule has 0 aromatic heterocycles. The lowest BCUT2D eigenvalue weighted by Gasteiger charge is -2.09. The van der Waals surface area contributed by atoms with Crippen LogP contribution in [0.15, 0.2) is 61.2 Å². The highest BCUT2D eigenvalue weighted by Crippen LogP contribution is 2.20. The van der Waals surface area contributed by atoms with Crippen LogP contribution in [0.5, 0.6) is 17.2 Å². The smallest absolute Gasteiger partial charge is 0.343 e. The number of hydrogen-bond donors (Lipinski definition) is 0. The molecule has 0 atom stereocenters. The predicted octanol–water partition coefficient (Wildman–Crippen LogP) is 8.87. The topological polar surface area (TPSA) is 71.1 Å². The number of hydrogen-bond acceptors (Lipinski definition) is 6. The van der Waals surface area contributed by atoms with Gasteiger partial charge in [-0.25, -0.2) is 9.59 Å². The Kier molecular flexibility index (Phi) is 17.7. The van der Waals surface area contributed by atoms with Gasteiger partial charge in [0.25, 0.3) is 0 Å². The largest absolute Gasteiger partial charge is 0.494 e. The molecule has 0 spiro atoms. The first-order chi connectivity index (χ1) is 19.6. The average Bonchev–Trinajstić information content (AvgIpc) is 2.98. The molecule has 0 aliphatic heterocycles. The highest BCUT2D eigenvalue weighted by atomic mass is 16.5. The fraction of sp³-hybridized carbons (Fsp3) is 0.529. The molecule has 6 heteroatoms. The summed E-state index contributed by atoms with van der Waals surface area (Å²) in [5.41, 5.74) is 0.484. The maximum Gasteiger partial charge on any atom is 0.343 e. The quantitative estimate of drug-likeness (QED) is 0.0593. The number of carbonyl (C=O) groups excluding carboxylic acids is 2. The van der Waals surface area contributed by atoms with Crippen LogP contribution in [0.3, 0.4) is 0 Å². The van der Waals surface area contributed by atoms with Gasteiger partial charge in [-0.3, -0.25) is 0 Å². The molecule has 0 heterocycles. The van der Waals surface area contributed by atoms with E-state index in [0.29, 0.717) is 31.1 Å². The summed E-state index contributed by atoms with van der Waals surface area (Å²) in [7, 11) is 0. The van der Waals surface area contributed by atoms with Crippen LogP contribution >= 0.6 is 0 Å². The van der Waals surface area contributed by atoms with Crippen molar-refractivity contribution in [2.24, 2.45) is 0 Å². The molecular weight excluding hydrogens is 504 g/mol. The molecular formula is C34H48O6. The fourth-order valence-electron chi connectivity index (χ4n) is 4.22. The number of carbonyl (C=O) groups is 2. The van der Waals surface area contributed by atoms with Crippen LogP contribution in [0.2, 0.25) is 0 Å². The molecule has 40 heavy (non-hydrogen) atoms. The van der Waals surface area contributed by atoms with E-state index in [-0.39, 0.29) is 5.97 Å². The number of ether oxygens (including phenoxy) is 4. The second-order valence-corrected chi connectivity index (χ2v) is 10.1. The number of unbranched alkanes of at least 4 members (excludes halogenated alkanes) is 12. The summed E-state index contributed by atoms with van der Waals surface area (Å²) in [5.74, 6) is 1.30. The van der Waals surface area contributed by atoms with Gasteiger partial charge in [0.15, 0.2) is 0 Å². The van der Waals surface area contributed by atoms with E-state index in [2.05, 4.69) is 13.5 Å². The lowest BCUT2D eigenvalue weighted by molar-refractivity contribution is -0.137. The monoisotopic (exact) mass is 552 g/mol. The summed E-state index contributed by atoms with van der Waals surface area (Å²) in [4.78, 5) is 23.5. The zero-order valence-corrected chi connectivity index (χ0v) is 24.4. The van der Waals surface area contributed by atoms with Crippen LogP contribution in [-0.2, 0) is 9.53 Å². The van der Waals surface area contributed by atoms with Crippen molar-refractivity contribution in [3.63, 3.8) is 0 Å². The minimum atomic E-state index is -0.396. The second-order valence-electron chi connectivity index (χ2n) is 10.1. The first-order valence-electron chi connectivity index (χ1n) is 15.1. The van der Waals surface area contributed by atoms with E-state index in [1.54, 1.807) is 24.3 Å². The van der Waals surface area contributed by atoms with Gasteiger partial charge in [0.1, 0.15) is 17.2 Å². The molecule has 0 radical (unpaired) electrons. The van der Waals surface area contributed by atoms with Gasteiger partial charge in [-0.15, -0.1) is 0 Å². The maximum atomic E-state index is 12.5. The lowest BCUT2D eigenvalue weighted by Crippen LogP contribution is -2.08. The van der Waals surface area contributed by atoms with E-state index in [1.807, 2.05) is 24.3 Å². The van der Waals surface area contributed by atoms with Crippen LogP contribution in [-0.4, -0.2) is 31.8 Å². The summed E-state index contributed by atoms with van der Waals surface area (Å²) >= 11 is 0. The maximum absolute atomic E-state index is 12.5. The molecule has 0 N–H and O–H groups in total. The SMILES string of the molecule is C=CC(=O)OCCCCCCCCCCCOc1ccc(C(=O)Oc2ccc(OCCCCCCC)cc2)cc1. The number of rotatable bonds is 23. The Balaban J connectivity index is 1.51. The van der Waals surface area contributed by atoms with Crippen molar-refractivity contribution in [3.05, 3.63) is 66.7 Å². The van der Waals surface area contributed by atoms with Crippen LogP contribution in [0, 0.1) is 0 Å². The predicted molar refractivity (Wildman–Crippen MR) is 160 cm³/mol. The van der Waals surface area contributed by atoms with E-state index in [9.17, 15) is 9.59 Å². The average molecular weight is 553 g/mol. The molecule has 0 aliphatic carbocycles. The second kappa shape index (κ2) is 21.5. The van der Waals surface area contributed by atoms with Crippen molar-refractivity contribution in [1.29, 1.82) is 0 Å². The molecule has 2 rings (SSSR count). The van der Waals surface area contributed by atoms with E-state index >= 15 is 0 Å². The fourth-order valence-corrected chi connectivity index (χ4v) is 4.22. The van der Waals surface area contributed by atoms with Crippen LogP contribution in [0.25, 0.3) is 0 Å². The zero-order valence-electron chi connectivity index (χ0n) is 24.4. The van der Waals surface area contributed by atoms with Gasteiger partial charge in [0, 0.05) is 6.08 Å². The number of esters is 2. The third-order valence-electron chi connectivity index (χ3n) is 6.61. The standard InChI is InChI=1S/C34H48O6/c1-3-5-6-12-15-26-38-31-22-24-32(25-23-31)40-34(36)29-18-20-30(21-19-29)37-27-16-13-10-8-7-9-11-14-17-28-39-33(35)4-2/h4,18-25H,2-3,5-17,26-28H2,1H3. The Labute approximate surface area is 241 Å². The minimum Gasteiger partial charge on any atom is -0.494 e. The summed E-state index contributed by atoms with van der Waals surface area (Å²) < 4.78 is 22.1. The molecule has 0 saturated heterocycles. The van der Waals surface area contributed by atoms with Crippen molar-refractivity contribution in [1.82, 2.24) is 0 Å². The van der Waals surface area contributed by atoms with Gasteiger partial charge < -0.3 is 18.9 Å². The Morgan fingerprint density at radius 2 is 1.02 bits per heavy atom. The molecule has 0 bridgehead atoms. The van der Waals surface area contributed by atoms with Crippen molar-refractivity contribution < 1.29 is 28.5 Å². The minimum absolute atomic E-state index is 0.340. The summed E-state index contributed by atoms with van der Waals surface area (Å²) in [6, 6.07) is 14.3. The Morgan fingerprint density at radius 3 is 1.52 bits per heavy atom. The summed E-state index contributed by atoms with van der Waals surface area (Å²) in [6.07, 6.45) is 17.5. The zero-order chi connectivity index (χ0) is 28.7. The van der Waals surface area contributed by atoms with Crippen LogP contribution in [0.1, 0.15) is 107 Å². The molecule has 0 aliphatic rings. The molecule has 0 saturated carbocycles. The van der Waals surface area contributed by atoms with E-state index in [0.717, 1.165) is 43.6 Å². The normalized spacial score (nSPS) is 10.6. The molecule has 2 aromatic carbocycles. The molecule has 220 valence electrons. The van der Waals surface area contributed by atoms with Crippen molar-refractivity contribution in [2.75, 3.05) is 19.8 Å². The van der Waals surface area contributed by atoms with Gasteiger partial charge in [0.05, 0.1) is 25.4 Å². The lowest BCUT2D eigenvalue weighted by atomic mass is 10.1. The van der Waals surface area contributed by atoms with Crippen molar-refractivity contribution >= 4 is 11.9 Å². The third-order valence-corrected chi connectivity index (χ3v) is 6.61. The Morgan fingerprint density at radius 1 is 0.600 bits per heavy atom. The van der Waals surface area contributed by atoms with Crippen molar-refractivity contribution in [2.45, 2.75) is 96.8 Å². The number of benzene rings is 2. The molecule has 2 aromatic rings. The van der Waals surface area contributed by atoms with Crippen molar-refractivity contribution in [3.8, 4) is 17.2 Å². The first kappa shape index (κ1) is 32.9. The van der Waals surface area contributed by atoms with Gasteiger partial charge >= 0.3 is 11.9 Å². The van der Waals surface area contributed by atoms with Crippen LogP contribution < -0.4 is 14.2 Å². The van der Waals surface area contributed by atoms with E-state index < -0.39 is 5.97 Å². The van der Waals surface area contributed by atoms with Gasteiger partial charge in [-0.05, 0) is 67.8 Å². The van der Waals surface area contributed by atoms with E-state index in [4.69, 9.17) is 18.9 Å². The highest BCUT2D eigenvalue weighted by Gasteiger charge is 2.09. The third kappa shape index (κ3) is 15.3. The summed E-state index contributed by atoms with van der Waals surface area (Å²) in [6.45, 7) is 7.46. The first-order valence-corrected chi connectivity index (χ1v) is 15.1. The molecule has 6 nitrogen and oxygen atoms in total. The van der Waals surface area contributed by atoms with Crippen LogP contribution in [0.4, 0.5) is 0 Å². The summed E-state index contributed by atoms with van der Waals surface area (Å²) in [5, 5.41) is 0. The molecule has 0 fully saturated rings.